The lowest BCUT2D eigenvalue weighted by Crippen LogP contribution is -2.13. The summed E-state index contributed by atoms with van der Waals surface area (Å²) < 4.78 is 53.0. The van der Waals surface area contributed by atoms with E-state index in [9.17, 15) is 17.2 Å². The van der Waals surface area contributed by atoms with Crippen LogP contribution in [-0.4, -0.2) is 8.42 Å². The average Bonchev–Trinajstić information content (AvgIpc) is 2.75. The first-order valence-corrected chi connectivity index (χ1v) is 8.39. The molecule has 4 nitrogen and oxygen atoms in total. The Bertz CT molecular complexity index is 747. The maximum absolute atomic E-state index is 13.5. The fraction of sp³-hybridized carbons (Fsp3) is 0.0909. The Morgan fingerprint density at radius 3 is 2.55 bits per heavy atom. The average molecular weight is 383 g/mol. The van der Waals surface area contributed by atoms with Crippen LogP contribution in [0.3, 0.4) is 0 Å². The van der Waals surface area contributed by atoms with E-state index in [1.807, 2.05) is 0 Å². The number of nitrogens with one attached hydrogen (secondary N) is 1. The quantitative estimate of drug-likeness (QED) is 0.853. The molecule has 108 valence electrons. The van der Waals surface area contributed by atoms with Crippen LogP contribution < -0.4 is 10.5 Å². The van der Waals surface area contributed by atoms with E-state index in [1.54, 1.807) is 0 Å². The van der Waals surface area contributed by atoms with Gasteiger partial charge in [0.1, 0.15) is 16.5 Å². The van der Waals surface area contributed by atoms with E-state index in [-0.39, 0.29) is 17.1 Å². The van der Waals surface area contributed by atoms with Gasteiger partial charge in [-0.2, -0.15) is 0 Å². The highest BCUT2D eigenvalue weighted by Gasteiger charge is 2.22. The van der Waals surface area contributed by atoms with Gasteiger partial charge in [-0.15, -0.1) is 11.3 Å². The van der Waals surface area contributed by atoms with Gasteiger partial charge in [0.05, 0.1) is 9.47 Å². The van der Waals surface area contributed by atoms with Gasteiger partial charge < -0.3 is 5.73 Å². The van der Waals surface area contributed by atoms with Crippen molar-refractivity contribution in [1.82, 2.24) is 0 Å². The highest BCUT2D eigenvalue weighted by Crippen LogP contribution is 2.32. The van der Waals surface area contributed by atoms with Gasteiger partial charge >= 0.3 is 0 Å². The first-order valence-electron chi connectivity index (χ1n) is 5.29. The van der Waals surface area contributed by atoms with Crippen molar-refractivity contribution in [2.75, 3.05) is 4.72 Å². The number of hydrogen-bond donors (Lipinski definition) is 2. The second-order valence-corrected chi connectivity index (χ2v) is 7.89. The van der Waals surface area contributed by atoms with Crippen molar-refractivity contribution in [3.05, 3.63) is 44.6 Å². The number of sulfonamides is 1. The van der Waals surface area contributed by atoms with Crippen LogP contribution in [0.5, 0.6) is 0 Å². The van der Waals surface area contributed by atoms with Gasteiger partial charge in [-0.25, -0.2) is 17.2 Å². The summed E-state index contributed by atoms with van der Waals surface area (Å²) in [6.45, 7) is 0.198. The van der Waals surface area contributed by atoms with Crippen molar-refractivity contribution in [2.24, 2.45) is 5.73 Å². The Morgan fingerprint density at radius 1 is 1.30 bits per heavy atom. The van der Waals surface area contributed by atoms with Gasteiger partial charge in [-0.1, -0.05) is 0 Å². The second-order valence-electron chi connectivity index (χ2n) is 3.78. The van der Waals surface area contributed by atoms with Crippen LogP contribution in [0.25, 0.3) is 0 Å². The third-order valence-corrected chi connectivity index (χ3v) is 6.01. The van der Waals surface area contributed by atoms with E-state index in [0.29, 0.717) is 14.7 Å². The summed E-state index contributed by atoms with van der Waals surface area (Å²) in [5.74, 6) is -1.77. The monoisotopic (exact) mass is 382 g/mol. The number of anilines is 1. The van der Waals surface area contributed by atoms with Crippen LogP contribution in [0.4, 0.5) is 14.5 Å². The molecule has 20 heavy (non-hydrogen) atoms. The summed E-state index contributed by atoms with van der Waals surface area (Å²) in [5.41, 5.74) is 5.12. The van der Waals surface area contributed by atoms with Crippen molar-refractivity contribution >= 4 is 43.0 Å². The minimum absolute atomic E-state index is 0.0355. The maximum atomic E-state index is 13.5. The van der Waals surface area contributed by atoms with Crippen molar-refractivity contribution in [2.45, 2.75) is 11.4 Å². The van der Waals surface area contributed by atoms with Gasteiger partial charge in [0, 0.05) is 17.5 Å². The van der Waals surface area contributed by atoms with Crippen molar-refractivity contribution < 1.29 is 17.2 Å². The predicted molar refractivity (Wildman–Crippen MR) is 77.1 cm³/mol. The van der Waals surface area contributed by atoms with Crippen molar-refractivity contribution in [3.63, 3.8) is 0 Å². The Labute approximate surface area is 126 Å². The molecular formula is C11H9BrF2N2O2S2. The van der Waals surface area contributed by atoms with E-state index >= 15 is 0 Å². The summed E-state index contributed by atoms with van der Waals surface area (Å²) in [4.78, 5) is 0.628. The Balaban J connectivity index is 2.38. The standard InChI is InChI=1S/C11H9BrF2N2O2S2/c12-11-10(4-7(5-15)19-11)20(17,18)16-9-2-1-6(13)3-8(9)14/h1-4,16H,5,15H2. The van der Waals surface area contributed by atoms with E-state index in [2.05, 4.69) is 20.7 Å². The lowest BCUT2D eigenvalue weighted by Gasteiger charge is -2.08. The smallest absolute Gasteiger partial charge is 0.263 e. The third kappa shape index (κ3) is 3.17. The molecule has 2 rings (SSSR count). The molecule has 0 spiro atoms. The lowest BCUT2D eigenvalue weighted by molar-refractivity contribution is 0.583. The Hall–Kier alpha value is -1.03. The molecule has 9 heteroatoms. The zero-order valence-electron chi connectivity index (χ0n) is 9.86. The fourth-order valence-electron chi connectivity index (χ4n) is 1.45. The third-order valence-electron chi connectivity index (χ3n) is 2.37. The predicted octanol–water partition coefficient (Wildman–Crippen LogP) is 3.05. The molecule has 1 heterocycles. The Kier molecular flexibility index (Phi) is 4.43. The van der Waals surface area contributed by atoms with E-state index in [0.717, 1.165) is 12.1 Å². The van der Waals surface area contributed by atoms with Crippen LogP contribution in [0.15, 0.2) is 32.9 Å². The summed E-state index contributed by atoms with van der Waals surface area (Å²) in [5, 5.41) is 0. The molecule has 0 aliphatic carbocycles. The highest BCUT2D eigenvalue weighted by atomic mass is 79.9. The number of rotatable bonds is 4. The van der Waals surface area contributed by atoms with Crippen LogP contribution >= 0.6 is 27.3 Å². The molecule has 0 fully saturated rings. The molecule has 0 radical (unpaired) electrons. The topological polar surface area (TPSA) is 72.2 Å². The first-order chi connectivity index (χ1) is 9.33. The summed E-state index contributed by atoms with van der Waals surface area (Å²) in [7, 11) is -3.97. The number of halogens is 3. The molecule has 1 aromatic heterocycles. The number of thiophene rings is 1. The number of hydrogen-bond acceptors (Lipinski definition) is 4. The molecular weight excluding hydrogens is 374 g/mol. The van der Waals surface area contributed by atoms with Gasteiger partial charge in [0.15, 0.2) is 0 Å². The Morgan fingerprint density at radius 2 is 2.00 bits per heavy atom. The summed E-state index contributed by atoms with van der Waals surface area (Å²) in [6.07, 6.45) is 0. The molecule has 1 aromatic carbocycles. The normalized spacial score (nSPS) is 11.6. The zero-order valence-corrected chi connectivity index (χ0v) is 13.1. The fourth-order valence-corrected chi connectivity index (χ4v) is 5.08. The zero-order chi connectivity index (χ0) is 14.9. The van der Waals surface area contributed by atoms with Crippen LogP contribution in [0.2, 0.25) is 0 Å². The molecule has 0 saturated heterocycles. The molecule has 0 bridgehead atoms. The summed E-state index contributed by atoms with van der Waals surface area (Å²) in [6, 6.07) is 3.99. The largest absolute Gasteiger partial charge is 0.326 e. The van der Waals surface area contributed by atoms with E-state index in [4.69, 9.17) is 5.73 Å². The number of benzene rings is 1. The minimum atomic E-state index is -3.97. The van der Waals surface area contributed by atoms with E-state index < -0.39 is 21.7 Å². The molecule has 0 saturated carbocycles. The molecule has 0 amide bonds. The summed E-state index contributed by atoms with van der Waals surface area (Å²) >= 11 is 4.30. The molecule has 3 N–H and O–H groups in total. The SMILES string of the molecule is NCc1cc(S(=O)(=O)Nc2ccc(F)cc2F)c(Br)s1. The first kappa shape index (κ1) is 15.4. The molecule has 0 unspecified atom stereocenters. The lowest BCUT2D eigenvalue weighted by atomic mass is 10.3. The van der Waals surface area contributed by atoms with Gasteiger partial charge in [-0.3, -0.25) is 4.72 Å². The van der Waals surface area contributed by atoms with Gasteiger partial charge in [0.25, 0.3) is 10.0 Å². The van der Waals surface area contributed by atoms with Gasteiger partial charge in [0.2, 0.25) is 0 Å². The number of nitrogens with two attached hydrogens (primary N) is 1. The second kappa shape index (κ2) is 5.76. The van der Waals surface area contributed by atoms with Crippen molar-refractivity contribution in [3.8, 4) is 0 Å². The molecule has 0 atom stereocenters. The van der Waals surface area contributed by atoms with E-state index in [1.165, 1.54) is 17.4 Å². The molecule has 0 aliphatic rings. The van der Waals surface area contributed by atoms with Crippen LogP contribution in [0, 0.1) is 11.6 Å². The molecule has 0 aliphatic heterocycles. The maximum Gasteiger partial charge on any atom is 0.263 e. The minimum Gasteiger partial charge on any atom is -0.326 e. The van der Waals surface area contributed by atoms with Gasteiger partial charge in [-0.05, 0) is 34.1 Å². The van der Waals surface area contributed by atoms with Crippen molar-refractivity contribution in [1.29, 1.82) is 0 Å². The molecule has 2 aromatic rings. The van der Waals surface area contributed by atoms with Crippen LogP contribution in [-0.2, 0) is 16.6 Å². The highest BCUT2D eigenvalue weighted by molar-refractivity contribution is 9.11. The van der Waals surface area contributed by atoms with Crippen LogP contribution in [0.1, 0.15) is 4.88 Å².